The van der Waals surface area contributed by atoms with Crippen LogP contribution in [0.1, 0.15) is 23.1 Å². The normalized spacial score (nSPS) is 13.0. The molecule has 0 saturated carbocycles. The van der Waals surface area contributed by atoms with Crippen LogP contribution in [0, 0.1) is 11.3 Å². The number of hydrogen-bond acceptors (Lipinski definition) is 2. The van der Waals surface area contributed by atoms with Crippen LogP contribution in [0.3, 0.4) is 0 Å². The van der Waals surface area contributed by atoms with E-state index in [1.165, 1.54) is 11.1 Å². The van der Waals surface area contributed by atoms with Gasteiger partial charge in [-0.15, -0.1) is 0 Å². The third kappa shape index (κ3) is 1.72. The van der Waals surface area contributed by atoms with Gasteiger partial charge >= 0.3 is 0 Å². The predicted molar refractivity (Wildman–Crippen MR) is 87.8 cm³/mol. The van der Waals surface area contributed by atoms with E-state index in [9.17, 15) is 10.4 Å². The maximum atomic E-state index is 10.5. The van der Waals surface area contributed by atoms with Gasteiger partial charge in [0, 0.05) is 5.39 Å². The van der Waals surface area contributed by atoms with Crippen molar-refractivity contribution in [2.45, 2.75) is 19.3 Å². The zero-order valence-electron chi connectivity index (χ0n) is 12.1. The minimum Gasteiger partial charge on any atom is -0.506 e. The van der Waals surface area contributed by atoms with Gasteiger partial charge in [0.05, 0.1) is 5.56 Å². The molecule has 0 atom stereocenters. The lowest BCUT2D eigenvalue weighted by Gasteiger charge is -2.16. The van der Waals surface area contributed by atoms with Gasteiger partial charge in [0.1, 0.15) is 11.8 Å². The van der Waals surface area contributed by atoms with E-state index in [2.05, 4.69) is 24.3 Å². The maximum absolute atomic E-state index is 10.5. The molecule has 0 heterocycles. The van der Waals surface area contributed by atoms with Crippen LogP contribution in [0.15, 0.2) is 48.5 Å². The third-order valence-corrected chi connectivity index (χ3v) is 4.56. The van der Waals surface area contributed by atoms with Crippen molar-refractivity contribution in [3.05, 3.63) is 65.2 Å². The highest BCUT2D eigenvalue weighted by atomic mass is 16.3. The Kier molecular flexibility index (Phi) is 2.87. The molecule has 0 aliphatic heterocycles. The van der Waals surface area contributed by atoms with Crippen LogP contribution >= 0.6 is 0 Å². The Hall–Kier alpha value is -2.79. The summed E-state index contributed by atoms with van der Waals surface area (Å²) in [6.07, 6.45) is 2.83. The summed E-state index contributed by atoms with van der Waals surface area (Å²) in [6.45, 7) is 0. The van der Waals surface area contributed by atoms with Crippen molar-refractivity contribution in [3.8, 4) is 22.9 Å². The van der Waals surface area contributed by atoms with Gasteiger partial charge in [0.15, 0.2) is 0 Å². The molecule has 3 aromatic rings. The standard InChI is InChI=1S/C20H15NO/c21-12-18-16-11-5-7-13-6-1-2-8-14(13)19(16)15-9-3-4-10-17(15)20(18)22/h1-4,6,8-10,22H,5,7,11H2. The van der Waals surface area contributed by atoms with Gasteiger partial charge in [-0.3, -0.25) is 0 Å². The summed E-state index contributed by atoms with van der Waals surface area (Å²) >= 11 is 0. The average molecular weight is 285 g/mol. The lowest BCUT2D eigenvalue weighted by atomic mass is 9.88. The topological polar surface area (TPSA) is 44.0 Å². The fraction of sp³-hybridized carbons (Fsp3) is 0.150. The highest BCUT2D eigenvalue weighted by molar-refractivity contribution is 6.04. The summed E-state index contributed by atoms with van der Waals surface area (Å²) in [6, 6.07) is 18.4. The molecular weight excluding hydrogens is 270 g/mol. The highest BCUT2D eigenvalue weighted by Gasteiger charge is 2.23. The molecule has 0 bridgehead atoms. The molecule has 0 spiro atoms. The van der Waals surface area contributed by atoms with E-state index in [0.29, 0.717) is 5.56 Å². The molecule has 1 aliphatic carbocycles. The van der Waals surface area contributed by atoms with Crippen LogP contribution in [0.25, 0.3) is 21.9 Å². The molecule has 0 radical (unpaired) electrons. The first-order valence-electron chi connectivity index (χ1n) is 7.56. The number of nitrogens with zero attached hydrogens (tertiary/aromatic N) is 1. The van der Waals surface area contributed by atoms with Crippen LogP contribution in [0.4, 0.5) is 0 Å². The van der Waals surface area contributed by atoms with Crippen molar-refractivity contribution in [3.63, 3.8) is 0 Å². The van der Waals surface area contributed by atoms with Crippen molar-refractivity contribution in [1.29, 1.82) is 5.26 Å². The Labute approximate surface area is 129 Å². The molecule has 0 amide bonds. The van der Waals surface area contributed by atoms with Crippen LogP contribution in [-0.2, 0) is 12.8 Å². The number of hydrogen-bond donors (Lipinski definition) is 1. The van der Waals surface area contributed by atoms with E-state index in [-0.39, 0.29) is 5.75 Å². The number of aryl methyl sites for hydroxylation is 1. The number of fused-ring (bicyclic) bond motifs is 5. The Morgan fingerprint density at radius 3 is 2.45 bits per heavy atom. The van der Waals surface area contributed by atoms with E-state index in [0.717, 1.165) is 41.2 Å². The molecule has 0 fully saturated rings. The van der Waals surface area contributed by atoms with Gasteiger partial charge < -0.3 is 5.11 Å². The van der Waals surface area contributed by atoms with Gasteiger partial charge in [0.2, 0.25) is 0 Å². The van der Waals surface area contributed by atoms with E-state index in [4.69, 9.17) is 0 Å². The molecular formula is C20H15NO. The second kappa shape index (κ2) is 4.89. The first-order chi connectivity index (χ1) is 10.8. The highest BCUT2D eigenvalue weighted by Crippen LogP contribution is 2.43. The molecule has 106 valence electrons. The second-order valence-corrected chi connectivity index (χ2v) is 5.75. The molecule has 2 heteroatoms. The molecule has 0 unspecified atom stereocenters. The monoisotopic (exact) mass is 285 g/mol. The number of nitriles is 1. The first-order valence-corrected chi connectivity index (χ1v) is 7.56. The van der Waals surface area contributed by atoms with Crippen molar-refractivity contribution in [2.24, 2.45) is 0 Å². The molecule has 0 saturated heterocycles. The summed E-state index contributed by atoms with van der Waals surface area (Å²) in [4.78, 5) is 0. The van der Waals surface area contributed by atoms with Gasteiger partial charge in [0.25, 0.3) is 0 Å². The summed E-state index contributed by atoms with van der Waals surface area (Å²) in [7, 11) is 0. The van der Waals surface area contributed by atoms with Crippen molar-refractivity contribution < 1.29 is 5.11 Å². The lowest BCUT2D eigenvalue weighted by molar-refractivity contribution is 0.479. The zero-order valence-corrected chi connectivity index (χ0v) is 12.1. The number of rotatable bonds is 0. The number of benzene rings is 3. The van der Waals surface area contributed by atoms with Gasteiger partial charge in [-0.1, -0.05) is 48.5 Å². The minimum absolute atomic E-state index is 0.122. The predicted octanol–water partition coefficient (Wildman–Crippen LogP) is 4.57. The van der Waals surface area contributed by atoms with Crippen LogP contribution < -0.4 is 0 Å². The lowest BCUT2D eigenvalue weighted by Crippen LogP contribution is -1.96. The number of phenols is 1. The van der Waals surface area contributed by atoms with E-state index >= 15 is 0 Å². The van der Waals surface area contributed by atoms with Crippen LogP contribution in [0.5, 0.6) is 5.75 Å². The molecule has 3 aromatic carbocycles. The summed E-state index contributed by atoms with van der Waals surface area (Å²) in [5.41, 5.74) is 5.07. The molecule has 0 aromatic heterocycles. The smallest absolute Gasteiger partial charge is 0.141 e. The summed E-state index contributed by atoms with van der Waals surface area (Å²) in [5.74, 6) is 0.122. The van der Waals surface area contributed by atoms with Crippen molar-refractivity contribution in [1.82, 2.24) is 0 Å². The Bertz CT molecular complexity index is 934. The average Bonchev–Trinajstić information content (AvgIpc) is 2.75. The van der Waals surface area contributed by atoms with Gasteiger partial charge in [-0.05, 0) is 46.9 Å². The first kappa shape index (κ1) is 12.9. The molecule has 1 N–H and O–H groups in total. The third-order valence-electron chi connectivity index (χ3n) is 4.56. The molecule has 1 aliphatic rings. The summed E-state index contributed by atoms with van der Waals surface area (Å²) in [5, 5.41) is 21.9. The minimum atomic E-state index is 0.122. The van der Waals surface area contributed by atoms with Crippen molar-refractivity contribution >= 4 is 10.8 Å². The van der Waals surface area contributed by atoms with E-state index < -0.39 is 0 Å². The van der Waals surface area contributed by atoms with Crippen LogP contribution in [0.2, 0.25) is 0 Å². The Morgan fingerprint density at radius 2 is 1.64 bits per heavy atom. The number of phenolic OH excluding ortho intramolecular Hbond substituents is 1. The SMILES string of the molecule is N#Cc1c2c(c3ccccc3c1O)-c1ccccc1CCC2. The fourth-order valence-corrected chi connectivity index (χ4v) is 3.59. The number of aromatic hydroxyl groups is 1. The second-order valence-electron chi connectivity index (χ2n) is 5.75. The largest absolute Gasteiger partial charge is 0.506 e. The fourth-order valence-electron chi connectivity index (χ4n) is 3.59. The molecule has 4 rings (SSSR count). The van der Waals surface area contributed by atoms with Crippen LogP contribution in [-0.4, -0.2) is 5.11 Å². The molecule has 2 nitrogen and oxygen atoms in total. The Morgan fingerprint density at radius 1 is 0.909 bits per heavy atom. The maximum Gasteiger partial charge on any atom is 0.141 e. The summed E-state index contributed by atoms with van der Waals surface area (Å²) < 4.78 is 0. The van der Waals surface area contributed by atoms with E-state index in [1.807, 2.05) is 30.3 Å². The van der Waals surface area contributed by atoms with Gasteiger partial charge in [-0.2, -0.15) is 5.26 Å². The Balaban J connectivity index is 2.24. The molecule has 22 heavy (non-hydrogen) atoms. The quantitative estimate of drug-likeness (QED) is 0.657. The zero-order chi connectivity index (χ0) is 15.1. The van der Waals surface area contributed by atoms with E-state index in [1.54, 1.807) is 0 Å². The van der Waals surface area contributed by atoms with Crippen molar-refractivity contribution in [2.75, 3.05) is 0 Å². The van der Waals surface area contributed by atoms with Gasteiger partial charge in [-0.25, -0.2) is 0 Å².